The van der Waals surface area contributed by atoms with Crippen LogP contribution in [0.2, 0.25) is 0 Å². The fourth-order valence-corrected chi connectivity index (χ4v) is 2.50. The first kappa shape index (κ1) is 18.1. The third-order valence-corrected chi connectivity index (χ3v) is 4.02. The number of nitrogens with zero attached hydrogens (tertiary/aromatic N) is 3. The van der Waals surface area contributed by atoms with Gasteiger partial charge in [0.2, 0.25) is 5.69 Å². The van der Waals surface area contributed by atoms with Crippen LogP contribution in [0.25, 0.3) is 5.69 Å². The van der Waals surface area contributed by atoms with Crippen LogP contribution in [0.1, 0.15) is 16.1 Å². The number of aryl methyl sites for hydroxylation is 1. The van der Waals surface area contributed by atoms with Crippen molar-refractivity contribution >= 4 is 11.6 Å². The minimum atomic E-state index is -0.782. The van der Waals surface area contributed by atoms with Crippen LogP contribution in [0.4, 0.5) is 5.69 Å². The Balaban J connectivity index is 2.07. The molecule has 0 aliphatic rings. The zero-order valence-corrected chi connectivity index (χ0v) is 15.1. The fourth-order valence-electron chi connectivity index (χ4n) is 2.50. The predicted octanol–water partition coefficient (Wildman–Crippen LogP) is 1.50. The second kappa shape index (κ2) is 7.28. The first-order valence-corrected chi connectivity index (χ1v) is 8.14. The summed E-state index contributed by atoms with van der Waals surface area (Å²) in [6.07, 6.45) is 0. The molecule has 1 N–H and O–H groups in total. The molecule has 0 radical (unpaired) electrons. The van der Waals surface area contributed by atoms with Gasteiger partial charge in [-0.1, -0.05) is 29.8 Å². The molecule has 0 bridgehead atoms. The van der Waals surface area contributed by atoms with Crippen molar-refractivity contribution in [1.29, 1.82) is 0 Å². The topological polar surface area (TPSA) is 95.2 Å². The molecule has 0 fully saturated rings. The summed E-state index contributed by atoms with van der Waals surface area (Å²) < 4.78 is 7.06. The zero-order valence-electron chi connectivity index (χ0n) is 15.1. The molecule has 0 saturated heterocycles. The van der Waals surface area contributed by atoms with E-state index >= 15 is 0 Å². The zero-order chi connectivity index (χ0) is 19.6. The second-order valence-corrected chi connectivity index (χ2v) is 5.90. The molecule has 0 unspecified atom stereocenters. The van der Waals surface area contributed by atoms with Crippen molar-refractivity contribution in [3.8, 4) is 11.4 Å². The van der Waals surface area contributed by atoms with E-state index in [2.05, 4.69) is 10.4 Å². The number of anilines is 1. The maximum Gasteiger partial charge on any atom is 0.351 e. The largest absolute Gasteiger partial charge is 0.495 e. The van der Waals surface area contributed by atoms with Crippen LogP contribution in [0.5, 0.6) is 5.75 Å². The number of nitrogens with one attached hydrogen (secondary N) is 1. The van der Waals surface area contributed by atoms with Crippen LogP contribution < -0.4 is 21.3 Å². The molecule has 1 amide bonds. The number of rotatable bonds is 4. The summed E-state index contributed by atoms with van der Waals surface area (Å²) in [4.78, 5) is 37.5. The molecule has 2 aromatic carbocycles. The van der Waals surface area contributed by atoms with Gasteiger partial charge in [0.1, 0.15) is 5.75 Å². The standard InChI is InChI=1S/C19H18N4O4/c1-12-8-10-13(11-9-12)23-19(26)22(2)18(25)16(21-23)17(24)20-14-6-4-5-7-15(14)27-3/h4-11H,1-3H3,(H,20,24). The van der Waals surface area contributed by atoms with E-state index in [1.165, 1.54) is 14.2 Å². The van der Waals surface area contributed by atoms with Crippen molar-refractivity contribution in [1.82, 2.24) is 14.3 Å². The maximum atomic E-state index is 12.6. The summed E-state index contributed by atoms with van der Waals surface area (Å²) >= 11 is 0. The monoisotopic (exact) mass is 366 g/mol. The average Bonchev–Trinajstić information content (AvgIpc) is 2.67. The first-order chi connectivity index (χ1) is 12.9. The maximum absolute atomic E-state index is 12.6. The molecule has 0 spiro atoms. The van der Waals surface area contributed by atoms with E-state index < -0.39 is 22.9 Å². The van der Waals surface area contributed by atoms with Gasteiger partial charge in [0.15, 0.2) is 0 Å². The SMILES string of the molecule is COc1ccccc1NC(=O)c1nn(-c2ccc(C)cc2)c(=O)n(C)c1=O. The van der Waals surface area contributed by atoms with Crippen molar-refractivity contribution in [2.24, 2.45) is 7.05 Å². The van der Waals surface area contributed by atoms with Crippen LogP contribution in [0.15, 0.2) is 58.1 Å². The second-order valence-electron chi connectivity index (χ2n) is 5.90. The van der Waals surface area contributed by atoms with Gasteiger partial charge in [-0.05, 0) is 31.2 Å². The predicted molar refractivity (Wildman–Crippen MR) is 101 cm³/mol. The Bertz CT molecular complexity index is 1110. The van der Waals surface area contributed by atoms with Crippen LogP contribution in [0, 0.1) is 6.92 Å². The lowest BCUT2D eigenvalue weighted by Gasteiger charge is -2.11. The van der Waals surface area contributed by atoms with Crippen molar-refractivity contribution in [3.05, 3.63) is 80.6 Å². The molecule has 1 heterocycles. The molecule has 0 aliphatic carbocycles. The Kier molecular flexibility index (Phi) is 4.89. The summed E-state index contributed by atoms with van der Waals surface area (Å²) in [6.45, 7) is 1.91. The number of carbonyl (C=O) groups is 1. The molecule has 0 saturated carbocycles. The smallest absolute Gasteiger partial charge is 0.351 e. The highest BCUT2D eigenvalue weighted by Crippen LogP contribution is 2.23. The lowest BCUT2D eigenvalue weighted by Crippen LogP contribution is -2.43. The molecule has 8 nitrogen and oxygen atoms in total. The Hall–Kier alpha value is -3.68. The summed E-state index contributed by atoms with van der Waals surface area (Å²) in [6, 6.07) is 13.8. The first-order valence-electron chi connectivity index (χ1n) is 8.14. The summed E-state index contributed by atoms with van der Waals surface area (Å²) in [7, 11) is 2.77. The van der Waals surface area contributed by atoms with Gasteiger partial charge in [0, 0.05) is 7.05 Å². The Morgan fingerprint density at radius 1 is 1.07 bits per heavy atom. The number of para-hydroxylation sites is 2. The third-order valence-electron chi connectivity index (χ3n) is 4.02. The van der Waals surface area contributed by atoms with E-state index in [0.717, 1.165) is 14.8 Å². The van der Waals surface area contributed by atoms with Gasteiger partial charge in [0.05, 0.1) is 18.5 Å². The molecule has 3 aromatic rings. The normalized spacial score (nSPS) is 10.5. The van der Waals surface area contributed by atoms with Gasteiger partial charge in [-0.2, -0.15) is 9.78 Å². The summed E-state index contributed by atoms with van der Waals surface area (Å²) in [5.74, 6) is -0.296. The van der Waals surface area contributed by atoms with Gasteiger partial charge in [0.25, 0.3) is 11.5 Å². The van der Waals surface area contributed by atoms with Gasteiger partial charge in [-0.25, -0.2) is 4.79 Å². The van der Waals surface area contributed by atoms with E-state index in [9.17, 15) is 14.4 Å². The molecule has 1 aromatic heterocycles. The minimum absolute atomic E-state index is 0.391. The van der Waals surface area contributed by atoms with E-state index in [0.29, 0.717) is 17.1 Å². The number of hydrogen-bond acceptors (Lipinski definition) is 5. The Morgan fingerprint density at radius 3 is 2.41 bits per heavy atom. The molecule has 0 atom stereocenters. The van der Waals surface area contributed by atoms with Gasteiger partial charge in [-0.15, -0.1) is 0 Å². The van der Waals surface area contributed by atoms with Crippen LogP contribution in [0.3, 0.4) is 0 Å². The fraction of sp³-hybridized carbons (Fsp3) is 0.158. The highest BCUT2D eigenvalue weighted by molar-refractivity contribution is 6.03. The third kappa shape index (κ3) is 3.50. The number of amides is 1. The lowest BCUT2D eigenvalue weighted by molar-refractivity contribution is 0.101. The lowest BCUT2D eigenvalue weighted by atomic mass is 10.2. The van der Waals surface area contributed by atoms with Crippen LogP contribution >= 0.6 is 0 Å². The highest BCUT2D eigenvalue weighted by Gasteiger charge is 2.19. The molecule has 138 valence electrons. The van der Waals surface area contributed by atoms with Crippen LogP contribution in [-0.4, -0.2) is 27.4 Å². The number of methoxy groups -OCH3 is 1. The molecule has 3 rings (SSSR count). The average molecular weight is 366 g/mol. The number of aromatic nitrogens is 3. The molecule has 0 aliphatic heterocycles. The van der Waals surface area contributed by atoms with Crippen molar-refractivity contribution in [2.75, 3.05) is 12.4 Å². The van der Waals surface area contributed by atoms with Gasteiger partial charge < -0.3 is 10.1 Å². The van der Waals surface area contributed by atoms with Crippen molar-refractivity contribution in [3.63, 3.8) is 0 Å². The number of benzene rings is 2. The Morgan fingerprint density at radius 2 is 1.74 bits per heavy atom. The van der Waals surface area contributed by atoms with E-state index in [1.54, 1.807) is 36.4 Å². The molecule has 27 heavy (non-hydrogen) atoms. The number of hydrogen-bond donors (Lipinski definition) is 1. The number of carbonyl (C=O) groups excluding carboxylic acids is 1. The van der Waals surface area contributed by atoms with E-state index in [4.69, 9.17) is 4.74 Å². The Labute approximate surface area is 154 Å². The van der Waals surface area contributed by atoms with Crippen molar-refractivity contribution < 1.29 is 9.53 Å². The van der Waals surface area contributed by atoms with Gasteiger partial charge in [-0.3, -0.25) is 14.2 Å². The summed E-state index contributed by atoms with van der Waals surface area (Å²) in [5, 5.41) is 6.60. The van der Waals surface area contributed by atoms with Crippen LogP contribution in [-0.2, 0) is 7.05 Å². The van der Waals surface area contributed by atoms with E-state index in [-0.39, 0.29) is 0 Å². The summed E-state index contributed by atoms with van der Waals surface area (Å²) in [5.41, 5.74) is 0.0253. The quantitative estimate of drug-likeness (QED) is 0.755. The van der Waals surface area contributed by atoms with Gasteiger partial charge >= 0.3 is 5.69 Å². The molecular formula is C19H18N4O4. The highest BCUT2D eigenvalue weighted by atomic mass is 16.5. The van der Waals surface area contributed by atoms with E-state index in [1.807, 2.05) is 19.1 Å². The van der Waals surface area contributed by atoms with Crippen molar-refractivity contribution in [2.45, 2.75) is 6.92 Å². The minimum Gasteiger partial charge on any atom is -0.495 e. The number of ether oxygens (including phenoxy) is 1. The molecule has 8 heteroatoms. The molecular weight excluding hydrogens is 348 g/mol.